The minimum absolute atomic E-state index is 0.0684. The summed E-state index contributed by atoms with van der Waals surface area (Å²) in [5, 5.41) is 3.26. The summed E-state index contributed by atoms with van der Waals surface area (Å²) in [5.74, 6) is 0.877. The first-order valence-corrected chi connectivity index (χ1v) is 5.40. The Kier molecular flexibility index (Phi) is 3.64. The Morgan fingerprint density at radius 1 is 1.38 bits per heavy atom. The molecule has 1 N–H and O–H groups in total. The highest BCUT2D eigenvalue weighted by Crippen LogP contribution is 2.22. The predicted molar refractivity (Wildman–Crippen MR) is 61.9 cm³/mol. The fourth-order valence-electron chi connectivity index (χ4n) is 1.67. The van der Waals surface area contributed by atoms with E-state index in [9.17, 15) is 0 Å². The largest absolute Gasteiger partial charge is 0.496 e. The molecule has 0 amide bonds. The molecule has 0 spiro atoms. The molecule has 1 aromatic carbocycles. The van der Waals surface area contributed by atoms with Crippen molar-refractivity contribution >= 4 is 5.69 Å². The van der Waals surface area contributed by atoms with E-state index in [-0.39, 0.29) is 6.23 Å². The summed E-state index contributed by atoms with van der Waals surface area (Å²) >= 11 is 0. The highest BCUT2D eigenvalue weighted by molar-refractivity contribution is 5.51. The zero-order valence-electron chi connectivity index (χ0n) is 9.66. The van der Waals surface area contributed by atoms with E-state index in [1.54, 1.807) is 7.11 Å². The first kappa shape index (κ1) is 11.2. The second-order valence-corrected chi connectivity index (χ2v) is 3.76. The first-order valence-electron chi connectivity index (χ1n) is 5.40. The fraction of sp³-hybridized carbons (Fsp3) is 0.500. The third-order valence-corrected chi connectivity index (χ3v) is 2.55. The lowest BCUT2D eigenvalue weighted by Crippen LogP contribution is -2.34. The Balaban J connectivity index is 2.03. The van der Waals surface area contributed by atoms with E-state index in [4.69, 9.17) is 14.2 Å². The molecule has 1 atom stereocenters. The van der Waals surface area contributed by atoms with E-state index >= 15 is 0 Å². The van der Waals surface area contributed by atoms with Gasteiger partial charge in [-0.05, 0) is 18.6 Å². The Morgan fingerprint density at radius 2 is 2.25 bits per heavy atom. The van der Waals surface area contributed by atoms with E-state index in [0.717, 1.165) is 17.0 Å². The summed E-state index contributed by atoms with van der Waals surface area (Å²) in [7, 11) is 1.67. The van der Waals surface area contributed by atoms with Gasteiger partial charge in [0.25, 0.3) is 0 Å². The lowest BCUT2D eigenvalue weighted by Gasteiger charge is -2.24. The molecule has 0 aliphatic carbocycles. The molecule has 2 rings (SSSR count). The Morgan fingerprint density at radius 3 is 2.94 bits per heavy atom. The lowest BCUT2D eigenvalue weighted by molar-refractivity contribution is -0.0756. The molecule has 0 radical (unpaired) electrons. The summed E-state index contributed by atoms with van der Waals surface area (Å²) < 4.78 is 16.1. The third-order valence-electron chi connectivity index (χ3n) is 2.55. The molecule has 0 aromatic heterocycles. The van der Waals surface area contributed by atoms with E-state index in [1.165, 1.54) is 0 Å². The van der Waals surface area contributed by atoms with Gasteiger partial charge < -0.3 is 19.5 Å². The van der Waals surface area contributed by atoms with Crippen LogP contribution in [0.1, 0.15) is 5.56 Å². The highest BCUT2D eigenvalue weighted by Gasteiger charge is 2.14. The summed E-state index contributed by atoms with van der Waals surface area (Å²) in [6.45, 7) is 3.91. The number of rotatable bonds is 3. The number of nitrogens with one attached hydrogen (secondary N) is 1. The average Bonchev–Trinajstić information content (AvgIpc) is 2.33. The van der Waals surface area contributed by atoms with E-state index in [0.29, 0.717) is 19.8 Å². The van der Waals surface area contributed by atoms with Gasteiger partial charge in [-0.2, -0.15) is 0 Å². The predicted octanol–water partition coefficient (Wildman–Crippen LogP) is 1.79. The standard InChI is InChI=1S/C12H17NO3/c1-9-3-4-10(7-11(9)14-2)13-12-8-15-5-6-16-12/h3-4,7,12-13H,5-6,8H2,1-2H3. The van der Waals surface area contributed by atoms with Gasteiger partial charge in [0.2, 0.25) is 0 Å². The molecule has 1 aliphatic heterocycles. The molecule has 0 saturated carbocycles. The van der Waals surface area contributed by atoms with Gasteiger partial charge in [-0.15, -0.1) is 0 Å². The molecular formula is C12H17NO3. The van der Waals surface area contributed by atoms with Gasteiger partial charge in [-0.3, -0.25) is 0 Å². The quantitative estimate of drug-likeness (QED) is 0.848. The average molecular weight is 223 g/mol. The van der Waals surface area contributed by atoms with E-state index < -0.39 is 0 Å². The number of methoxy groups -OCH3 is 1. The maximum absolute atomic E-state index is 5.51. The Bertz CT molecular complexity index is 348. The second-order valence-electron chi connectivity index (χ2n) is 3.76. The van der Waals surface area contributed by atoms with Crippen LogP contribution in [0, 0.1) is 6.92 Å². The number of hydrogen-bond acceptors (Lipinski definition) is 4. The summed E-state index contributed by atoms with van der Waals surface area (Å²) in [5.41, 5.74) is 2.10. The number of benzene rings is 1. The van der Waals surface area contributed by atoms with E-state index in [2.05, 4.69) is 5.32 Å². The van der Waals surface area contributed by atoms with Crippen molar-refractivity contribution in [2.45, 2.75) is 13.2 Å². The van der Waals surface area contributed by atoms with Crippen LogP contribution in [-0.4, -0.2) is 33.2 Å². The van der Waals surface area contributed by atoms with Crippen molar-refractivity contribution in [1.29, 1.82) is 0 Å². The van der Waals surface area contributed by atoms with Crippen LogP contribution in [-0.2, 0) is 9.47 Å². The van der Waals surface area contributed by atoms with Gasteiger partial charge in [0, 0.05) is 11.8 Å². The molecule has 88 valence electrons. The van der Waals surface area contributed by atoms with Crippen molar-refractivity contribution < 1.29 is 14.2 Å². The van der Waals surface area contributed by atoms with Crippen molar-refractivity contribution in [2.24, 2.45) is 0 Å². The number of ether oxygens (including phenoxy) is 3. The van der Waals surface area contributed by atoms with Crippen molar-refractivity contribution in [3.05, 3.63) is 23.8 Å². The molecule has 1 aromatic rings. The van der Waals surface area contributed by atoms with Gasteiger partial charge >= 0.3 is 0 Å². The molecule has 1 unspecified atom stereocenters. The first-order chi connectivity index (χ1) is 7.79. The van der Waals surface area contributed by atoms with Crippen molar-refractivity contribution in [2.75, 3.05) is 32.2 Å². The third kappa shape index (κ3) is 2.65. The van der Waals surface area contributed by atoms with Crippen molar-refractivity contribution in [3.8, 4) is 5.75 Å². The van der Waals surface area contributed by atoms with E-state index in [1.807, 2.05) is 25.1 Å². The molecule has 4 nitrogen and oxygen atoms in total. The zero-order chi connectivity index (χ0) is 11.4. The van der Waals surface area contributed by atoms with Gasteiger partial charge in [-0.1, -0.05) is 6.07 Å². The Hall–Kier alpha value is -1.26. The Labute approximate surface area is 95.5 Å². The van der Waals surface area contributed by atoms with Crippen LogP contribution in [0.2, 0.25) is 0 Å². The van der Waals surface area contributed by atoms with Gasteiger partial charge in [-0.25, -0.2) is 0 Å². The number of anilines is 1. The molecule has 1 fully saturated rings. The van der Waals surface area contributed by atoms with Crippen LogP contribution < -0.4 is 10.1 Å². The molecule has 4 heteroatoms. The SMILES string of the molecule is COc1cc(NC2COCCO2)ccc1C. The van der Waals surface area contributed by atoms with Gasteiger partial charge in [0.1, 0.15) is 5.75 Å². The minimum Gasteiger partial charge on any atom is -0.496 e. The molecule has 1 saturated heterocycles. The van der Waals surface area contributed by atoms with Crippen LogP contribution in [0.25, 0.3) is 0 Å². The molecule has 16 heavy (non-hydrogen) atoms. The monoisotopic (exact) mass is 223 g/mol. The normalized spacial score (nSPS) is 20.5. The summed E-state index contributed by atoms with van der Waals surface area (Å²) in [6.07, 6.45) is -0.0684. The number of hydrogen-bond donors (Lipinski definition) is 1. The zero-order valence-corrected chi connectivity index (χ0v) is 9.66. The molecule has 0 bridgehead atoms. The summed E-state index contributed by atoms with van der Waals surface area (Å²) in [4.78, 5) is 0. The molecular weight excluding hydrogens is 206 g/mol. The fourth-order valence-corrected chi connectivity index (χ4v) is 1.67. The smallest absolute Gasteiger partial charge is 0.151 e. The van der Waals surface area contributed by atoms with Crippen LogP contribution >= 0.6 is 0 Å². The lowest BCUT2D eigenvalue weighted by atomic mass is 10.2. The minimum atomic E-state index is -0.0684. The van der Waals surface area contributed by atoms with Crippen LogP contribution in [0.15, 0.2) is 18.2 Å². The number of aryl methyl sites for hydroxylation is 1. The maximum atomic E-state index is 5.51. The van der Waals surface area contributed by atoms with Gasteiger partial charge in [0.05, 0.1) is 26.9 Å². The van der Waals surface area contributed by atoms with Crippen molar-refractivity contribution in [1.82, 2.24) is 0 Å². The van der Waals surface area contributed by atoms with Crippen LogP contribution in [0.3, 0.4) is 0 Å². The maximum Gasteiger partial charge on any atom is 0.151 e. The highest BCUT2D eigenvalue weighted by atomic mass is 16.6. The van der Waals surface area contributed by atoms with Crippen LogP contribution in [0.5, 0.6) is 5.75 Å². The topological polar surface area (TPSA) is 39.7 Å². The van der Waals surface area contributed by atoms with Crippen molar-refractivity contribution in [3.63, 3.8) is 0 Å². The molecule has 1 heterocycles. The van der Waals surface area contributed by atoms with Crippen LogP contribution in [0.4, 0.5) is 5.69 Å². The second kappa shape index (κ2) is 5.18. The molecule has 1 aliphatic rings. The summed E-state index contributed by atoms with van der Waals surface area (Å²) in [6, 6.07) is 5.99. The van der Waals surface area contributed by atoms with Gasteiger partial charge in [0.15, 0.2) is 6.23 Å².